The van der Waals surface area contributed by atoms with Crippen molar-refractivity contribution in [3.05, 3.63) is 30.5 Å². The molecule has 3 fully saturated rings. The molecule has 0 bridgehead atoms. The number of rotatable bonds is 6. The Bertz CT molecular complexity index is 827. The van der Waals surface area contributed by atoms with E-state index in [1.807, 2.05) is 0 Å². The lowest BCUT2D eigenvalue weighted by Crippen LogP contribution is -2.50. The van der Waals surface area contributed by atoms with E-state index in [-0.39, 0.29) is 24.7 Å². The van der Waals surface area contributed by atoms with Gasteiger partial charge in [-0.3, -0.25) is 4.79 Å². The van der Waals surface area contributed by atoms with Gasteiger partial charge in [0.1, 0.15) is 18.5 Å². The number of fused-ring (bicyclic) bond motifs is 1. The Morgan fingerprint density at radius 3 is 2.71 bits per heavy atom. The van der Waals surface area contributed by atoms with Crippen LogP contribution in [0, 0.1) is 5.92 Å². The van der Waals surface area contributed by atoms with Crippen molar-refractivity contribution in [1.82, 2.24) is 14.8 Å². The van der Waals surface area contributed by atoms with Crippen LogP contribution in [0.25, 0.3) is 10.9 Å². The number of hydrogen-bond donors (Lipinski definition) is 1. The summed E-state index contributed by atoms with van der Waals surface area (Å²) >= 11 is 0. The number of carbonyl (C=O) groups is 1. The lowest BCUT2D eigenvalue weighted by molar-refractivity contribution is -0.134. The summed E-state index contributed by atoms with van der Waals surface area (Å²) in [5.74, 6) is 1.87. The first kappa shape index (κ1) is 18.0. The molecular formula is C22H29N3O3. The first-order chi connectivity index (χ1) is 13.7. The van der Waals surface area contributed by atoms with E-state index in [0.717, 1.165) is 50.7 Å². The van der Waals surface area contributed by atoms with Gasteiger partial charge in [-0.05, 0) is 49.8 Å². The highest BCUT2D eigenvalue weighted by Gasteiger charge is 2.26. The van der Waals surface area contributed by atoms with E-state index in [4.69, 9.17) is 9.47 Å². The first-order valence-electron chi connectivity index (χ1n) is 10.6. The van der Waals surface area contributed by atoms with Gasteiger partial charge < -0.3 is 24.3 Å². The Morgan fingerprint density at radius 1 is 1.11 bits per heavy atom. The Hall–Kier alpha value is -2.05. The summed E-state index contributed by atoms with van der Waals surface area (Å²) in [5, 5.41) is 4.11. The fraction of sp³-hybridized carbons (Fsp3) is 0.591. The van der Waals surface area contributed by atoms with Gasteiger partial charge in [-0.1, -0.05) is 6.07 Å². The number of amides is 1. The minimum atomic E-state index is -0.0107. The summed E-state index contributed by atoms with van der Waals surface area (Å²) in [6.07, 6.45) is 7.37. The summed E-state index contributed by atoms with van der Waals surface area (Å²) in [6.45, 7) is 4.85. The quantitative estimate of drug-likeness (QED) is 0.832. The molecule has 1 saturated carbocycles. The van der Waals surface area contributed by atoms with E-state index in [2.05, 4.69) is 45.2 Å². The number of likely N-dealkylation sites (tertiary alicyclic amines) is 1. The third-order valence-electron chi connectivity index (χ3n) is 6.19. The van der Waals surface area contributed by atoms with Crippen molar-refractivity contribution in [2.24, 2.45) is 5.92 Å². The van der Waals surface area contributed by atoms with Gasteiger partial charge in [0.15, 0.2) is 0 Å². The lowest BCUT2D eigenvalue weighted by Gasteiger charge is -2.35. The van der Waals surface area contributed by atoms with Crippen molar-refractivity contribution >= 4 is 16.8 Å². The highest BCUT2D eigenvalue weighted by molar-refractivity contribution is 5.86. The number of morpholine rings is 1. The molecule has 150 valence electrons. The van der Waals surface area contributed by atoms with Gasteiger partial charge in [0.25, 0.3) is 0 Å². The molecule has 2 aromatic rings. The standard InChI is InChI=1S/C22H29N3O3/c26-22-15-27-18(12-23-22)14-24-9-6-17(7-10-24)28-21-3-1-2-20-19(21)8-11-25(20)13-16-4-5-16/h1-3,8,11,16-18H,4-7,9-10,12-15H2,(H,23,26). The van der Waals surface area contributed by atoms with E-state index < -0.39 is 0 Å². The maximum atomic E-state index is 11.2. The molecule has 6 nitrogen and oxygen atoms in total. The Balaban J connectivity index is 1.16. The third kappa shape index (κ3) is 4.03. The lowest BCUT2D eigenvalue weighted by atomic mass is 10.1. The van der Waals surface area contributed by atoms with Crippen LogP contribution in [0.5, 0.6) is 5.75 Å². The van der Waals surface area contributed by atoms with Crippen LogP contribution in [-0.2, 0) is 16.1 Å². The molecule has 28 heavy (non-hydrogen) atoms. The number of carbonyl (C=O) groups excluding carboxylic acids is 1. The van der Waals surface area contributed by atoms with Crippen LogP contribution in [-0.4, -0.2) is 60.4 Å². The maximum absolute atomic E-state index is 11.2. The van der Waals surface area contributed by atoms with Crippen molar-refractivity contribution in [2.75, 3.05) is 32.8 Å². The molecule has 1 aromatic heterocycles. The molecular weight excluding hydrogens is 354 g/mol. The third-order valence-corrected chi connectivity index (χ3v) is 6.19. The summed E-state index contributed by atoms with van der Waals surface area (Å²) in [6, 6.07) is 8.63. The van der Waals surface area contributed by atoms with Gasteiger partial charge in [0, 0.05) is 44.3 Å². The zero-order valence-corrected chi connectivity index (χ0v) is 16.3. The van der Waals surface area contributed by atoms with E-state index >= 15 is 0 Å². The molecule has 1 aromatic carbocycles. The zero-order chi connectivity index (χ0) is 18.9. The Kier molecular flexibility index (Phi) is 4.99. The fourth-order valence-corrected chi connectivity index (χ4v) is 4.36. The van der Waals surface area contributed by atoms with Gasteiger partial charge in [-0.2, -0.15) is 0 Å². The molecule has 0 spiro atoms. The van der Waals surface area contributed by atoms with Crippen molar-refractivity contribution in [1.29, 1.82) is 0 Å². The van der Waals surface area contributed by atoms with Crippen LogP contribution in [0.2, 0.25) is 0 Å². The number of nitrogens with one attached hydrogen (secondary N) is 1. The minimum Gasteiger partial charge on any atom is -0.490 e. The number of nitrogens with zero attached hydrogens (tertiary/aromatic N) is 2. The Labute approximate surface area is 165 Å². The molecule has 5 rings (SSSR count). The van der Waals surface area contributed by atoms with E-state index in [1.165, 1.54) is 23.7 Å². The smallest absolute Gasteiger partial charge is 0.246 e. The average molecular weight is 383 g/mol. The molecule has 3 heterocycles. The largest absolute Gasteiger partial charge is 0.490 e. The normalized spacial score (nSPS) is 24.4. The molecule has 0 radical (unpaired) electrons. The van der Waals surface area contributed by atoms with E-state index in [0.29, 0.717) is 6.54 Å². The van der Waals surface area contributed by atoms with Crippen molar-refractivity contribution in [3.63, 3.8) is 0 Å². The van der Waals surface area contributed by atoms with Gasteiger partial charge >= 0.3 is 0 Å². The van der Waals surface area contributed by atoms with Crippen LogP contribution in [0.4, 0.5) is 0 Å². The summed E-state index contributed by atoms with van der Waals surface area (Å²) in [4.78, 5) is 13.6. The highest BCUT2D eigenvalue weighted by Crippen LogP contribution is 2.34. The van der Waals surface area contributed by atoms with Gasteiger partial charge in [-0.15, -0.1) is 0 Å². The second-order valence-electron chi connectivity index (χ2n) is 8.46. The maximum Gasteiger partial charge on any atom is 0.246 e. The first-order valence-corrected chi connectivity index (χ1v) is 10.6. The minimum absolute atomic E-state index is 0.0107. The second kappa shape index (κ2) is 7.76. The van der Waals surface area contributed by atoms with Crippen LogP contribution in [0.3, 0.4) is 0 Å². The summed E-state index contributed by atoms with van der Waals surface area (Å²) in [5.41, 5.74) is 1.29. The fourth-order valence-electron chi connectivity index (χ4n) is 4.36. The van der Waals surface area contributed by atoms with Crippen LogP contribution < -0.4 is 10.1 Å². The number of piperidine rings is 1. The van der Waals surface area contributed by atoms with Crippen LogP contribution in [0.1, 0.15) is 25.7 Å². The van der Waals surface area contributed by atoms with Crippen LogP contribution in [0.15, 0.2) is 30.5 Å². The molecule has 1 unspecified atom stereocenters. The van der Waals surface area contributed by atoms with Gasteiger partial charge in [-0.25, -0.2) is 0 Å². The molecule has 1 amide bonds. The number of hydrogen-bond acceptors (Lipinski definition) is 4. The predicted octanol–water partition coefficient (Wildman–Crippen LogP) is 2.41. The van der Waals surface area contributed by atoms with Gasteiger partial charge in [0.05, 0.1) is 11.6 Å². The topological polar surface area (TPSA) is 55.7 Å². The highest BCUT2D eigenvalue weighted by atomic mass is 16.5. The Morgan fingerprint density at radius 2 is 1.96 bits per heavy atom. The summed E-state index contributed by atoms with van der Waals surface area (Å²) < 4.78 is 14.4. The average Bonchev–Trinajstić information content (AvgIpc) is 3.44. The van der Waals surface area contributed by atoms with Crippen molar-refractivity contribution < 1.29 is 14.3 Å². The number of aromatic nitrogens is 1. The number of ether oxygens (including phenoxy) is 2. The van der Waals surface area contributed by atoms with Gasteiger partial charge in [0.2, 0.25) is 5.91 Å². The van der Waals surface area contributed by atoms with Crippen molar-refractivity contribution in [2.45, 2.75) is 44.4 Å². The molecule has 1 N–H and O–H groups in total. The summed E-state index contributed by atoms with van der Waals surface area (Å²) in [7, 11) is 0. The molecule has 1 aliphatic carbocycles. The van der Waals surface area contributed by atoms with Crippen molar-refractivity contribution in [3.8, 4) is 5.75 Å². The molecule has 6 heteroatoms. The zero-order valence-electron chi connectivity index (χ0n) is 16.3. The second-order valence-corrected chi connectivity index (χ2v) is 8.46. The van der Waals surface area contributed by atoms with E-state index in [9.17, 15) is 4.79 Å². The number of benzene rings is 1. The van der Waals surface area contributed by atoms with E-state index in [1.54, 1.807) is 0 Å². The molecule has 2 saturated heterocycles. The van der Waals surface area contributed by atoms with Crippen LogP contribution >= 0.6 is 0 Å². The molecule has 2 aliphatic heterocycles. The molecule has 1 atom stereocenters. The predicted molar refractivity (Wildman–Crippen MR) is 108 cm³/mol. The molecule has 3 aliphatic rings. The SMILES string of the molecule is O=C1COC(CN2CCC(Oc3cccc4c3ccn4CC3CC3)CC2)CN1. The monoisotopic (exact) mass is 383 g/mol.